The number of aliphatic imine (C=N–C) groups is 1. The molecular formula is C20H31IN4OS. The number of thiophene rings is 1. The SMILES string of the molecule is CCNC(=NCC(c1cccc(OC)c1)N(C)C)NCCc1cccs1.I. The maximum absolute atomic E-state index is 5.36. The second-order valence-electron chi connectivity index (χ2n) is 6.23. The van der Waals surface area contributed by atoms with Crippen molar-refractivity contribution < 1.29 is 4.74 Å². The van der Waals surface area contributed by atoms with Crippen LogP contribution < -0.4 is 15.4 Å². The first-order chi connectivity index (χ1) is 12.6. The fraction of sp³-hybridized carbons (Fsp3) is 0.450. The second kappa shape index (κ2) is 13.0. The van der Waals surface area contributed by atoms with Gasteiger partial charge < -0.3 is 20.3 Å². The van der Waals surface area contributed by atoms with Gasteiger partial charge >= 0.3 is 0 Å². The van der Waals surface area contributed by atoms with Crippen molar-refractivity contribution >= 4 is 41.3 Å². The zero-order valence-electron chi connectivity index (χ0n) is 16.6. The monoisotopic (exact) mass is 502 g/mol. The molecule has 0 saturated carbocycles. The molecule has 0 amide bonds. The van der Waals surface area contributed by atoms with Crippen LogP contribution >= 0.6 is 35.3 Å². The van der Waals surface area contributed by atoms with Gasteiger partial charge in [-0.2, -0.15) is 0 Å². The van der Waals surface area contributed by atoms with Crippen LogP contribution in [0.4, 0.5) is 0 Å². The molecule has 0 fully saturated rings. The van der Waals surface area contributed by atoms with Crippen LogP contribution in [0.3, 0.4) is 0 Å². The molecule has 1 heterocycles. The fourth-order valence-corrected chi connectivity index (χ4v) is 3.40. The predicted octanol–water partition coefficient (Wildman–Crippen LogP) is 3.78. The van der Waals surface area contributed by atoms with Crippen molar-refractivity contribution in [3.05, 3.63) is 52.2 Å². The van der Waals surface area contributed by atoms with E-state index in [-0.39, 0.29) is 30.0 Å². The Morgan fingerprint density at radius 2 is 2.04 bits per heavy atom. The van der Waals surface area contributed by atoms with Gasteiger partial charge in [0, 0.05) is 18.0 Å². The lowest BCUT2D eigenvalue weighted by Gasteiger charge is -2.24. The molecular weight excluding hydrogens is 471 g/mol. The summed E-state index contributed by atoms with van der Waals surface area (Å²) in [7, 11) is 5.86. The average Bonchev–Trinajstić information content (AvgIpc) is 3.15. The lowest BCUT2D eigenvalue weighted by atomic mass is 10.1. The highest BCUT2D eigenvalue weighted by molar-refractivity contribution is 14.0. The summed E-state index contributed by atoms with van der Waals surface area (Å²) in [5, 5.41) is 8.88. The summed E-state index contributed by atoms with van der Waals surface area (Å²) in [5.74, 6) is 1.73. The molecule has 0 aliphatic heterocycles. The van der Waals surface area contributed by atoms with Gasteiger partial charge in [-0.25, -0.2) is 0 Å². The summed E-state index contributed by atoms with van der Waals surface area (Å²) in [6.45, 7) is 4.48. The van der Waals surface area contributed by atoms with Crippen LogP contribution in [0.2, 0.25) is 0 Å². The molecule has 0 aliphatic rings. The largest absolute Gasteiger partial charge is 0.497 e. The van der Waals surface area contributed by atoms with E-state index >= 15 is 0 Å². The highest BCUT2D eigenvalue weighted by Gasteiger charge is 2.14. The molecule has 0 radical (unpaired) electrons. The molecule has 2 aromatic rings. The molecule has 2 rings (SSSR count). The van der Waals surface area contributed by atoms with E-state index in [1.165, 1.54) is 10.4 Å². The number of hydrogen-bond acceptors (Lipinski definition) is 4. The van der Waals surface area contributed by atoms with Crippen LogP contribution in [0.1, 0.15) is 23.4 Å². The zero-order chi connectivity index (χ0) is 18.8. The van der Waals surface area contributed by atoms with Gasteiger partial charge in [0.2, 0.25) is 0 Å². The Labute approximate surface area is 184 Å². The Hall–Kier alpha value is -1.32. The number of methoxy groups -OCH3 is 1. The maximum Gasteiger partial charge on any atom is 0.191 e. The summed E-state index contributed by atoms with van der Waals surface area (Å²) in [6, 6.07) is 12.7. The first-order valence-corrected chi connectivity index (χ1v) is 9.87. The molecule has 0 spiro atoms. The van der Waals surface area contributed by atoms with E-state index in [2.05, 4.69) is 66.2 Å². The Morgan fingerprint density at radius 1 is 1.22 bits per heavy atom. The average molecular weight is 502 g/mol. The van der Waals surface area contributed by atoms with Crippen molar-refractivity contribution in [3.8, 4) is 5.75 Å². The van der Waals surface area contributed by atoms with E-state index in [0.717, 1.165) is 31.2 Å². The molecule has 1 aromatic heterocycles. The van der Waals surface area contributed by atoms with Crippen molar-refractivity contribution in [3.63, 3.8) is 0 Å². The number of nitrogens with zero attached hydrogens (tertiary/aromatic N) is 2. The van der Waals surface area contributed by atoms with Gasteiger partial charge in [-0.1, -0.05) is 18.2 Å². The summed E-state index contributed by atoms with van der Waals surface area (Å²) < 4.78 is 5.36. The minimum Gasteiger partial charge on any atom is -0.497 e. The third kappa shape index (κ3) is 8.06. The Bertz CT molecular complexity index is 676. The van der Waals surface area contributed by atoms with Gasteiger partial charge in [0.25, 0.3) is 0 Å². The van der Waals surface area contributed by atoms with E-state index < -0.39 is 0 Å². The number of guanidine groups is 1. The van der Waals surface area contributed by atoms with Gasteiger partial charge in [0.05, 0.1) is 19.7 Å². The minimum atomic E-state index is 0. The number of ether oxygens (including phenoxy) is 1. The lowest BCUT2D eigenvalue weighted by Crippen LogP contribution is -2.39. The van der Waals surface area contributed by atoms with E-state index in [0.29, 0.717) is 6.54 Å². The molecule has 0 saturated heterocycles. The predicted molar refractivity (Wildman–Crippen MR) is 127 cm³/mol. The maximum atomic E-state index is 5.36. The van der Waals surface area contributed by atoms with E-state index in [4.69, 9.17) is 9.73 Å². The Balaban J connectivity index is 0.00000364. The van der Waals surface area contributed by atoms with Crippen molar-refractivity contribution in [2.45, 2.75) is 19.4 Å². The number of halogens is 1. The Morgan fingerprint density at radius 3 is 2.67 bits per heavy atom. The molecule has 1 atom stereocenters. The number of hydrogen-bond donors (Lipinski definition) is 2. The Kier molecular flexibility index (Phi) is 11.4. The van der Waals surface area contributed by atoms with Crippen LogP contribution in [0.5, 0.6) is 5.75 Å². The van der Waals surface area contributed by atoms with E-state index in [1.54, 1.807) is 18.4 Å². The quantitative estimate of drug-likeness (QED) is 0.312. The highest BCUT2D eigenvalue weighted by atomic mass is 127. The molecule has 0 aliphatic carbocycles. The minimum absolute atomic E-state index is 0. The molecule has 5 nitrogen and oxygen atoms in total. The van der Waals surface area contributed by atoms with Gasteiger partial charge in [-0.05, 0) is 56.6 Å². The third-order valence-electron chi connectivity index (χ3n) is 4.11. The molecule has 7 heteroatoms. The number of nitrogens with one attached hydrogen (secondary N) is 2. The summed E-state index contributed by atoms with van der Waals surface area (Å²) in [4.78, 5) is 8.37. The van der Waals surface area contributed by atoms with Gasteiger partial charge in [-0.15, -0.1) is 35.3 Å². The highest BCUT2D eigenvalue weighted by Crippen LogP contribution is 2.22. The van der Waals surface area contributed by atoms with Gasteiger partial charge in [0.15, 0.2) is 5.96 Å². The van der Waals surface area contributed by atoms with Crippen LogP contribution in [-0.4, -0.2) is 51.7 Å². The molecule has 150 valence electrons. The number of benzene rings is 1. The lowest BCUT2D eigenvalue weighted by molar-refractivity contribution is 0.305. The third-order valence-corrected chi connectivity index (χ3v) is 5.05. The molecule has 0 bridgehead atoms. The first-order valence-electron chi connectivity index (χ1n) is 8.99. The van der Waals surface area contributed by atoms with Gasteiger partial charge in [-0.3, -0.25) is 4.99 Å². The van der Waals surface area contributed by atoms with Crippen LogP contribution in [-0.2, 0) is 6.42 Å². The summed E-state index contributed by atoms with van der Waals surface area (Å²) in [6.07, 6.45) is 1.01. The topological polar surface area (TPSA) is 48.9 Å². The first kappa shape index (κ1) is 23.7. The van der Waals surface area contributed by atoms with Gasteiger partial charge in [0.1, 0.15) is 5.75 Å². The van der Waals surface area contributed by atoms with Crippen LogP contribution in [0.25, 0.3) is 0 Å². The zero-order valence-corrected chi connectivity index (χ0v) is 19.7. The fourth-order valence-electron chi connectivity index (χ4n) is 2.69. The smallest absolute Gasteiger partial charge is 0.191 e. The molecule has 1 unspecified atom stereocenters. The van der Waals surface area contributed by atoms with Crippen molar-refractivity contribution in [1.82, 2.24) is 15.5 Å². The second-order valence-corrected chi connectivity index (χ2v) is 7.26. The van der Waals surface area contributed by atoms with Crippen molar-refractivity contribution in [2.24, 2.45) is 4.99 Å². The van der Waals surface area contributed by atoms with Crippen molar-refractivity contribution in [2.75, 3.05) is 40.8 Å². The van der Waals surface area contributed by atoms with E-state index in [9.17, 15) is 0 Å². The molecule has 27 heavy (non-hydrogen) atoms. The summed E-state index contributed by atoms with van der Waals surface area (Å²) >= 11 is 1.79. The normalized spacial score (nSPS) is 12.4. The van der Waals surface area contributed by atoms with E-state index in [1.807, 2.05) is 12.1 Å². The number of likely N-dealkylation sites (N-methyl/N-ethyl adjacent to an activating group) is 1. The standard InChI is InChI=1S/C20H30N4OS.HI/c1-5-21-20(22-12-11-18-10-7-13-26-18)23-15-19(24(2)3)16-8-6-9-17(14-16)25-4;/h6-10,13-14,19H,5,11-12,15H2,1-4H3,(H2,21,22,23);1H. The number of rotatable bonds is 9. The summed E-state index contributed by atoms with van der Waals surface area (Å²) in [5.41, 5.74) is 1.20. The van der Waals surface area contributed by atoms with Crippen molar-refractivity contribution in [1.29, 1.82) is 0 Å². The van der Waals surface area contributed by atoms with Crippen LogP contribution in [0, 0.1) is 0 Å². The molecule has 2 N–H and O–H groups in total. The molecule has 1 aromatic carbocycles. The van der Waals surface area contributed by atoms with Crippen LogP contribution in [0.15, 0.2) is 46.8 Å².